The molecule has 0 aromatic rings. The second-order valence-corrected chi connectivity index (χ2v) is 5.02. The molecule has 0 spiro atoms. The van der Waals surface area contributed by atoms with Crippen LogP contribution in [0.2, 0.25) is 0 Å². The van der Waals surface area contributed by atoms with E-state index >= 15 is 0 Å². The minimum atomic E-state index is 0.323. The van der Waals surface area contributed by atoms with Crippen LogP contribution < -0.4 is 5.73 Å². The molecule has 0 saturated carbocycles. The first-order valence-corrected chi connectivity index (χ1v) is 6.11. The maximum atomic E-state index is 11.6. The molecule has 0 aromatic carbocycles. The van der Waals surface area contributed by atoms with Crippen molar-refractivity contribution >= 4 is 5.91 Å². The lowest BCUT2D eigenvalue weighted by molar-refractivity contribution is -0.135. The summed E-state index contributed by atoms with van der Waals surface area (Å²) in [4.78, 5) is 13.6. The van der Waals surface area contributed by atoms with Crippen LogP contribution in [-0.4, -0.2) is 30.4 Å². The van der Waals surface area contributed by atoms with Gasteiger partial charge in [0.1, 0.15) is 0 Å². The van der Waals surface area contributed by atoms with Gasteiger partial charge in [0.15, 0.2) is 0 Å². The SMILES string of the molecule is CC(C)CC1CCC(=O)N(CCCN)C1. The van der Waals surface area contributed by atoms with E-state index in [0.717, 1.165) is 38.3 Å². The highest BCUT2D eigenvalue weighted by molar-refractivity contribution is 5.76. The fourth-order valence-electron chi connectivity index (χ4n) is 2.35. The van der Waals surface area contributed by atoms with E-state index in [2.05, 4.69) is 13.8 Å². The molecule has 0 aliphatic carbocycles. The Bertz CT molecular complexity index is 204. The summed E-state index contributed by atoms with van der Waals surface area (Å²) in [6.45, 7) is 6.99. The van der Waals surface area contributed by atoms with Crippen LogP contribution in [-0.2, 0) is 4.79 Å². The molecule has 1 heterocycles. The average Bonchev–Trinajstić information content (AvgIpc) is 2.18. The van der Waals surface area contributed by atoms with Crippen LogP contribution in [0.3, 0.4) is 0 Å². The standard InChI is InChI=1S/C12H24N2O/c1-10(2)8-11-4-5-12(15)14(9-11)7-3-6-13/h10-11H,3-9,13H2,1-2H3. The Hall–Kier alpha value is -0.570. The molecule has 1 rings (SSSR count). The number of nitrogens with two attached hydrogens (primary N) is 1. The van der Waals surface area contributed by atoms with Crippen molar-refractivity contribution in [1.29, 1.82) is 0 Å². The van der Waals surface area contributed by atoms with E-state index in [4.69, 9.17) is 5.73 Å². The zero-order chi connectivity index (χ0) is 11.3. The van der Waals surface area contributed by atoms with E-state index in [1.54, 1.807) is 0 Å². The normalized spacial score (nSPS) is 22.5. The van der Waals surface area contributed by atoms with Crippen molar-refractivity contribution in [3.05, 3.63) is 0 Å². The first-order valence-electron chi connectivity index (χ1n) is 6.11. The summed E-state index contributed by atoms with van der Waals surface area (Å²) in [6.07, 6.45) is 3.99. The summed E-state index contributed by atoms with van der Waals surface area (Å²) < 4.78 is 0. The number of hydrogen-bond acceptors (Lipinski definition) is 2. The predicted molar refractivity (Wildman–Crippen MR) is 62.4 cm³/mol. The first kappa shape index (κ1) is 12.5. The van der Waals surface area contributed by atoms with Gasteiger partial charge in [0, 0.05) is 19.5 Å². The minimum absolute atomic E-state index is 0.323. The van der Waals surface area contributed by atoms with Crippen LogP contribution in [0.4, 0.5) is 0 Å². The molecule has 1 aliphatic rings. The Balaban J connectivity index is 2.37. The van der Waals surface area contributed by atoms with Gasteiger partial charge >= 0.3 is 0 Å². The fourth-order valence-corrected chi connectivity index (χ4v) is 2.35. The second-order valence-electron chi connectivity index (χ2n) is 5.02. The average molecular weight is 212 g/mol. The van der Waals surface area contributed by atoms with Crippen molar-refractivity contribution < 1.29 is 4.79 Å². The Morgan fingerprint density at radius 3 is 2.87 bits per heavy atom. The number of piperidine rings is 1. The van der Waals surface area contributed by atoms with E-state index < -0.39 is 0 Å². The second kappa shape index (κ2) is 6.11. The number of nitrogens with zero attached hydrogens (tertiary/aromatic N) is 1. The highest BCUT2D eigenvalue weighted by Crippen LogP contribution is 2.23. The smallest absolute Gasteiger partial charge is 0.222 e. The topological polar surface area (TPSA) is 46.3 Å². The number of rotatable bonds is 5. The molecule has 2 N–H and O–H groups in total. The molecule has 88 valence electrons. The maximum absolute atomic E-state index is 11.6. The van der Waals surface area contributed by atoms with Gasteiger partial charge in [-0.25, -0.2) is 0 Å². The molecular formula is C12H24N2O. The molecule has 3 heteroatoms. The molecule has 1 saturated heterocycles. The number of carbonyl (C=O) groups excluding carboxylic acids is 1. The molecule has 1 fully saturated rings. The van der Waals surface area contributed by atoms with E-state index in [1.807, 2.05) is 4.90 Å². The van der Waals surface area contributed by atoms with Crippen LogP contribution in [0.25, 0.3) is 0 Å². The van der Waals surface area contributed by atoms with Gasteiger partial charge in [0.2, 0.25) is 5.91 Å². The van der Waals surface area contributed by atoms with Gasteiger partial charge in [0.25, 0.3) is 0 Å². The monoisotopic (exact) mass is 212 g/mol. The van der Waals surface area contributed by atoms with Crippen molar-refractivity contribution in [3.63, 3.8) is 0 Å². The third-order valence-electron chi connectivity index (χ3n) is 3.03. The lowest BCUT2D eigenvalue weighted by Gasteiger charge is -2.33. The summed E-state index contributed by atoms with van der Waals surface area (Å²) in [5.74, 6) is 1.77. The summed E-state index contributed by atoms with van der Waals surface area (Å²) in [7, 11) is 0. The van der Waals surface area contributed by atoms with Gasteiger partial charge in [0.05, 0.1) is 0 Å². The van der Waals surface area contributed by atoms with Gasteiger partial charge in [-0.1, -0.05) is 13.8 Å². The number of hydrogen-bond donors (Lipinski definition) is 1. The molecule has 0 radical (unpaired) electrons. The van der Waals surface area contributed by atoms with E-state index in [9.17, 15) is 4.79 Å². The van der Waals surface area contributed by atoms with Crippen molar-refractivity contribution in [2.45, 2.75) is 39.5 Å². The summed E-state index contributed by atoms with van der Waals surface area (Å²) in [6, 6.07) is 0. The van der Waals surface area contributed by atoms with Crippen molar-refractivity contribution in [2.75, 3.05) is 19.6 Å². The van der Waals surface area contributed by atoms with Crippen LogP contribution >= 0.6 is 0 Å². The predicted octanol–water partition coefficient (Wildman–Crippen LogP) is 1.62. The van der Waals surface area contributed by atoms with Crippen molar-refractivity contribution in [3.8, 4) is 0 Å². The van der Waals surface area contributed by atoms with Gasteiger partial charge in [-0.05, 0) is 37.6 Å². The van der Waals surface area contributed by atoms with E-state index in [-0.39, 0.29) is 0 Å². The molecule has 1 aliphatic heterocycles. The summed E-state index contributed by atoms with van der Waals surface area (Å²) >= 11 is 0. The summed E-state index contributed by atoms with van der Waals surface area (Å²) in [5.41, 5.74) is 5.47. The molecule has 0 bridgehead atoms. The summed E-state index contributed by atoms with van der Waals surface area (Å²) in [5, 5.41) is 0. The molecular weight excluding hydrogens is 188 g/mol. The Morgan fingerprint density at radius 1 is 1.53 bits per heavy atom. The third kappa shape index (κ3) is 4.20. The highest BCUT2D eigenvalue weighted by atomic mass is 16.2. The molecule has 1 amide bonds. The Labute approximate surface area is 93.0 Å². The number of likely N-dealkylation sites (tertiary alicyclic amines) is 1. The van der Waals surface area contributed by atoms with Crippen molar-refractivity contribution in [1.82, 2.24) is 4.90 Å². The van der Waals surface area contributed by atoms with Crippen LogP contribution in [0.15, 0.2) is 0 Å². The molecule has 0 aromatic heterocycles. The lowest BCUT2D eigenvalue weighted by atomic mass is 9.89. The molecule has 1 atom stereocenters. The van der Waals surface area contributed by atoms with Gasteiger partial charge in [-0.15, -0.1) is 0 Å². The van der Waals surface area contributed by atoms with Gasteiger partial charge in [-0.2, -0.15) is 0 Å². The molecule has 15 heavy (non-hydrogen) atoms. The highest BCUT2D eigenvalue weighted by Gasteiger charge is 2.25. The molecule has 1 unspecified atom stereocenters. The van der Waals surface area contributed by atoms with Gasteiger partial charge < -0.3 is 10.6 Å². The lowest BCUT2D eigenvalue weighted by Crippen LogP contribution is -2.41. The van der Waals surface area contributed by atoms with E-state index in [1.165, 1.54) is 6.42 Å². The van der Waals surface area contributed by atoms with E-state index in [0.29, 0.717) is 18.4 Å². The van der Waals surface area contributed by atoms with Gasteiger partial charge in [-0.3, -0.25) is 4.79 Å². The number of carbonyl (C=O) groups is 1. The minimum Gasteiger partial charge on any atom is -0.342 e. The zero-order valence-electron chi connectivity index (χ0n) is 10.0. The quantitative estimate of drug-likeness (QED) is 0.752. The van der Waals surface area contributed by atoms with Crippen LogP contribution in [0.1, 0.15) is 39.5 Å². The zero-order valence-corrected chi connectivity index (χ0v) is 10.0. The largest absolute Gasteiger partial charge is 0.342 e. The maximum Gasteiger partial charge on any atom is 0.222 e. The third-order valence-corrected chi connectivity index (χ3v) is 3.03. The fraction of sp³-hybridized carbons (Fsp3) is 0.917. The van der Waals surface area contributed by atoms with Crippen LogP contribution in [0, 0.1) is 11.8 Å². The van der Waals surface area contributed by atoms with Crippen molar-refractivity contribution in [2.24, 2.45) is 17.6 Å². The Kier molecular flexibility index (Phi) is 5.09. The molecule has 3 nitrogen and oxygen atoms in total. The first-order chi connectivity index (χ1) is 7.13. The Morgan fingerprint density at radius 2 is 2.27 bits per heavy atom. The number of amides is 1. The van der Waals surface area contributed by atoms with Crippen LogP contribution in [0.5, 0.6) is 0 Å².